The monoisotopic (exact) mass is 568 g/mol. The first-order chi connectivity index (χ1) is 21.3. The number of nitrogens with zero attached hydrogens (tertiary/aromatic N) is 2. The number of hydrogen-bond acceptors (Lipinski definition) is 4. The molecule has 0 atom stereocenters. The molecule has 0 saturated carbocycles. The van der Waals surface area contributed by atoms with E-state index in [2.05, 4.69) is 143 Å². The standard InChI is InChI=1S/C39H24N2OS/c1-2-7-25(8-3-1)26-12-15-28(16-13-26)41(29-18-21-37-34(23-29)32-10-4-5-11-36(32)43-37)30-17-20-31-33-19-14-27-9-6-22-40-38(27)39(33)42-35(31)24-30/h1-24H. The molecule has 0 aliphatic carbocycles. The van der Waals surface area contributed by atoms with Crippen LogP contribution in [-0.2, 0) is 0 Å². The average molecular weight is 569 g/mol. The molecule has 3 aromatic heterocycles. The summed E-state index contributed by atoms with van der Waals surface area (Å²) in [5, 5.41) is 5.80. The van der Waals surface area contributed by atoms with E-state index in [0.29, 0.717) is 0 Å². The average Bonchev–Trinajstić information content (AvgIpc) is 3.64. The fraction of sp³-hybridized carbons (Fsp3) is 0. The van der Waals surface area contributed by atoms with Crippen LogP contribution >= 0.6 is 11.3 Å². The van der Waals surface area contributed by atoms with Crippen LogP contribution in [0.4, 0.5) is 17.1 Å². The summed E-state index contributed by atoms with van der Waals surface area (Å²) >= 11 is 1.84. The highest BCUT2D eigenvalue weighted by Crippen LogP contribution is 2.43. The molecule has 9 rings (SSSR count). The van der Waals surface area contributed by atoms with Crippen molar-refractivity contribution >= 4 is 81.4 Å². The number of aromatic nitrogens is 1. The van der Waals surface area contributed by atoms with E-state index in [9.17, 15) is 0 Å². The quantitative estimate of drug-likeness (QED) is 0.211. The van der Waals surface area contributed by atoms with Crippen LogP contribution in [0.3, 0.4) is 0 Å². The summed E-state index contributed by atoms with van der Waals surface area (Å²) in [6.07, 6.45) is 1.82. The molecule has 9 aromatic rings. The first kappa shape index (κ1) is 24.2. The largest absolute Gasteiger partial charge is 0.454 e. The summed E-state index contributed by atoms with van der Waals surface area (Å²) < 4.78 is 9.13. The molecule has 4 heteroatoms. The molecule has 3 nitrogen and oxygen atoms in total. The summed E-state index contributed by atoms with van der Waals surface area (Å²) in [6.45, 7) is 0. The van der Waals surface area contributed by atoms with Crippen LogP contribution < -0.4 is 4.90 Å². The number of thiophene rings is 1. The Balaban J connectivity index is 1.24. The Morgan fingerprint density at radius 2 is 1.23 bits per heavy atom. The van der Waals surface area contributed by atoms with Crippen molar-refractivity contribution in [2.45, 2.75) is 0 Å². The van der Waals surface area contributed by atoms with E-state index >= 15 is 0 Å². The van der Waals surface area contributed by atoms with Gasteiger partial charge >= 0.3 is 0 Å². The van der Waals surface area contributed by atoms with Crippen LogP contribution in [0, 0.1) is 0 Å². The van der Waals surface area contributed by atoms with Crippen molar-refractivity contribution in [1.29, 1.82) is 0 Å². The molecule has 0 N–H and O–H groups in total. The van der Waals surface area contributed by atoms with E-state index in [4.69, 9.17) is 4.42 Å². The van der Waals surface area contributed by atoms with Gasteiger partial charge in [-0.2, -0.15) is 0 Å². The number of rotatable bonds is 4. The normalized spacial score (nSPS) is 11.7. The molecule has 0 aliphatic heterocycles. The lowest BCUT2D eigenvalue weighted by atomic mass is 10.0. The van der Waals surface area contributed by atoms with Crippen molar-refractivity contribution in [1.82, 2.24) is 4.98 Å². The molecule has 202 valence electrons. The zero-order valence-electron chi connectivity index (χ0n) is 23.1. The van der Waals surface area contributed by atoms with Crippen molar-refractivity contribution in [3.8, 4) is 11.1 Å². The summed E-state index contributed by atoms with van der Waals surface area (Å²) in [6, 6.07) is 49.6. The van der Waals surface area contributed by atoms with Crippen LogP contribution in [0.25, 0.3) is 64.1 Å². The maximum Gasteiger partial charge on any atom is 0.161 e. The number of pyridine rings is 1. The maximum absolute atomic E-state index is 6.53. The first-order valence-electron chi connectivity index (χ1n) is 14.4. The molecule has 0 bridgehead atoms. The predicted molar refractivity (Wildman–Crippen MR) is 182 cm³/mol. The third-order valence-electron chi connectivity index (χ3n) is 8.30. The molecular formula is C39H24N2OS. The van der Waals surface area contributed by atoms with Gasteiger partial charge in [-0.3, -0.25) is 4.98 Å². The van der Waals surface area contributed by atoms with Gasteiger partial charge in [0.05, 0.1) is 0 Å². The Labute approximate surface area is 251 Å². The Morgan fingerprint density at radius 3 is 2.14 bits per heavy atom. The SMILES string of the molecule is c1ccc(-c2ccc(N(c3ccc4c(c3)oc3c4ccc4cccnc43)c3ccc4sc5ccccc5c4c3)cc2)cc1. The molecule has 0 fully saturated rings. The molecule has 6 aromatic carbocycles. The van der Waals surface area contributed by atoms with Gasteiger partial charge in [0.15, 0.2) is 5.58 Å². The van der Waals surface area contributed by atoms with Crippen LogP contribution in [0.5, 0.6) is 0 Å². The lowest BCUT2D eigenvalue weighted by Gasteiger charge is -2.26. The third kappa shape index (κ3) is 3.92. The number of benzene rings is 6. The Bertz CT molecular complexity index is 2460. The van der Waals surface area contributed by atoms with Crippen LogP contribution in [0.15, 0.2) is 150 Å². The molecule has 0 saturated heterocycles. The van der Waals surface area contributed by atoms with Gasteiger partial charge in [0.2, 0.25) is 0 Å². The van der Waals surface area contributed by atoms with E-state index in [1.54, 1.807) is 0 Å². The van der Waals surface area contributed by atoms with Crippen molar-refractivity contribution in [3.05, 3.63) is 146 Å². The van der Waals surface area contributed by atoms with E-state index in [0.717, 1.165) is 49.9 Å². The van der Waals surface area contributed by atoms with Gasteiger partial charge in [-0.25, -0.2) is 0 Å². The van der Waals surface area contributed by atoms with E-state index in [-0.39, 0.29) is 0 Å². The Morgan fingerprint density at radius 1 is 0.512 bits per heavy atom. The zero-order chi connectivity index (χ0) is 28.3. The van der Waals surface area contributed by atoms with Gasteiger partial charge in [-0.1, -0.05) is 72.8 Å². The molecule has 0 aliphatic rings. The number of furan rings is 1. The molecule has 0 unspecified atom stereocenters. The first-order valence-corrected chi connectivity index (χ1v) is 15.2. The fourth-order valence-corrected chi connectivity index (χ4v) is 7.32. The minimum absolute atomic E-state index is 0.829. The number of anilines is 3. The van der Waals surface area contributed by atoms with Crippen molar-refractivity contribution in [2.24, 2.45) is 0 Å². The second-order valence-corrected chi connectivity index (χ2v) is 11.9. The number of hydrogen-bond donors (Lipinski definition) is 0. The highest BCUT2D eigenvalue weighted by molar-refractivity contribution is 7.25. The Hall–Kier alpha value is -5.45. The second kappa shape index (κ2) is 9.55. The maximum atomic E-state index is 6.53. The summed E-state index contributed by atoms with van der Waals surface area (Å²) in [5.74, 6) is 0. The van der Waals surface area contributed by atoms with E-state index < -0.39 is 0 Å². The van der Waals surface area contributed by atoms with Gasteiger partial charge < -0.3 is 9.32 Å². The molecule has 3 heterocycles. The van der Waals surface area contributed by atoms with Gasteiger partial charge in [0, 0.05) is 65.7 Å². The molecule has 0 amide bonds. The number of fused-ring (bicyclic) bond motifs is 8. The van der Waals surface area contributed by atoms with Gasteiger partial charge in [0.1, 0.15) is 11.1 Å². The minimum Gasteiger partial charge on any atom is -0.454 e. The van der Waals surface area contributed by atoms with Crippen molar-refractivity contribution in [3.63, 3.8) is 0 Å². The lowest BCUT2D eigenvalue weighted by Crippen LogP contribution is -2.09. The van der Waals surface area contributed by atoms with Crippen molar-refractivity contribution in [2.75, 3.05) is 4.90 Å². The van der Waals surface area contributed by atoms with E-state index in [1.807, 2.05) is 23.6 Å². The van der Waals surface area contributed by atoms with Gasteiger partial charge in [0.25, 0.3) is 0 Å². The molecule has 0 radical (unpaired) electrons. The van der Waals surface area contributed by atoms with E-state index in [1.165, 1.54) is 31.3 Å². The van der Waals surface area contributed by atoms with Crippen LogP contribution in [-0.4, -0.2) is 4.98 Å². The molecule has 0 spiro atoms. The highest BCUT2D eigenvalue weighted by Gasteiger charge is 2.18. The Kier molecular flexibility index (Phi) is 5.37. The predicted octanol–water partition coefficient (Wildman–Crippen LogP) is 11.6. The zero-order valence-corrected chi connectivity index (χ0v) is 23.9. The highest BCUT2D eigenvalue weighted by atomic mass is 32.1. The molecular weight excluding hydrogens is 545 g/mol. The van der Waals surface area contributed by atoms with Crippen molar-refractivity contribution < 1.29 is 4.42 Å². The summed E-state index contributed by atoms with van der Waals surface area (Å²) in [4.78, 5) is 6.96. The summed E-state index contributed by atoms with van der Waals surface area (Å²) in [5.41, 5.74) is 8.18. The lowest BCUT2D eigenvalue weighted by molar-refractivity contribution is 0.671. The fourth-order valence-electron chi connectivity index (χ4n) is 6.23. The smallest absolute Gasteiger partial charge is 0.161 e. The van der Waals surface area contributed by atoms with Crippen LogP contribution in [0.2, 0.25) is 0 Å². The summed E-state index contributed by atoms with van der Waals surface area (Å²) in [7, 11) is 0. The van der Waals surface area contributed by atoms with Crippen LogP contribution in [0.1, 0.15) is 0 Å². The minimum atomic E-state index is 0.829. The third-order valence-corrected chi connectivity index (χ3v) is 9.46. The molecule has 43 heavy (non-hydrogen) atoms. The van der Waals surface area contributed by atoms with Gasteiger partial charge in [-0.15, -0.1) is 11.3 Å². The topological polar surface area (TPSA) is 29.3 Å². The second-order valence-electron chi connectivity index (χ2n) is 10.8. The van der Waals surface area contributed by atoms with Gasteiger partial charge in [-0.05, 0) is 71.8 Å².